The van der Waals surface area contributed by atoms with Crippen LogP contribution in [0.1, 0.15) is 42.1 Å². The summed E-state index contributed by atoms with van der Waals surface area (Å²) in [4.78, 5) is 28.7. The van der Waals surface area contributed by atoms with Gasteiger partial charge in [0.2, 0.25) is 0 Å². The average Bonchev–Trinajstić information content (AvgIpc) is 3.13. The number of hydrogen-bond acceptors (Lipinski definition) is 5. The summed E-state index contributed by atoms with van der Waals surface area (Å²) in [5, 5.41) is 0. The van der Waals surface area contributed by atoms with Crippen LogP contribution < -0.4 is 10.7 Å². The van der Waals surface area contributed by atoms with Crippen LogP contribution in [0.15, 0.2) is 51.7 Å². The van der Waals surface area contributed by atoms with Gasteiger partial charge in [0.1, 0.15) is 0 Å². The number of ketones is 1. The number of piperazine rings is 1. The molecule has 6 nitrogen and oxygen atoms in total. The molecule has 0 amide bonds. The van der Waals surface area contributed by atoms with Crippen molar-refractivity contribution in [2.45, 2.75) is 38.9 Å². The highest BCUT2D eigenvalue weighted by molar-refractivity contribution is 5.98. The number of nitrogens with zero attached hydrogens (tertiary/aromatic N) is 3. The van der Waals surface area contributed by atoms with E-state index in [1.54, 1.807) is 28.8 Å². The second-order valence-corrected chi connectivity index (χ2v) is 8.61. The van der Waals surface area contributed by atoms with E-state index >= 15 is 0 Å². The van der Waals surface area contributed by atoms with Gasteiger partial charge in [0.15, 0.2) is 11.4 Å². The van der Waals surface area contributed by atoms with E-state index in [0.717, 1.165) is 38.5 Å². The van der Waals surface area contributed by atoms with Gasteiger partial charge in [-0.3, -0.25) is 14.3 Å². The second-order valence-electron chi connectivity index (χ2n) is 8.61. The van der Waals surface area contributed by atoms with Crippen LogP contribution in [0.3, 0.4) is 0 Å². The Morgan fingerprint density at radius 1 is 1.03 bits per heavy atom. The van der Waals surface area contributed by atoms with Crippen molar-refractivity contribution in [1.29, 1.82) is 0 Å². The lowest BCUT2D eigenvalue weighted by Gasteiger charge is -2.36. The molecule has 1 aliphatic rings. The van der Waals surface area contributed by atoms with Crippen molar-refractivity contribution in [2.75, 3.05) is 37.6 Å². The van der Waals surface area contributed by atoms with Gasteiger partial charge in [0, 0.05) is 50.4 Å². The maximum Gasteiger partial charge on any atom is 0.419 e. The van der Waals surface area contributed by atoms with E-state index in [9.17, 15) is 22.8 Å². The minimum atomic E-state index is -4.35. The van der Waals surface area contributed by atoms with Crippen molar-refractivity contribution in [3.05, 3.63) is 64.1 Å². The Bertz CT molecular complexity index is 1210. The number of aromatic nitrogens is 1. The molecule has 0 aliphatic carbocycles. The van der Waals surface area contributed by atoms with Crippen molar-refractivity contribution < 1.29 is 22.4 Å². The monoisotopic (exact) mass is 475 g/mol. The summed E-state index contributed by atoms with van der Waals surface area (Å²) in [5.74, 6) is -0.409. The number of anilines is 1. The van der Waals surface area contributed by atoms with Crippen molar-refractivity contribution in [3.63, 3.8) is 0 Å². The molecule has 1 fully saturated rings. The van der Waals surface area contributed by atoms with Crippen LogP contribution in [-0.4, -0.2) is 48.0 Å². The molecular weight excluding hydrogens is 447 g/mol. The summed E-state index contributed by atoms with van der Waals surface area (Å²) in [6.07, 6.45) is -2.40. The predicted molar refractivity (Wildman–Crippen MR) is 124 cm³/mol. The molecule has 0 saturated carbocycles. The van der Waals surface area contributed by atoms with E-state index in [0.29, 0.717) is 48.4 Å². The average molecular weight is 476 g/mol. The van der Waals surface area contributed by atoms with Crippen LogP contribution in [0.25, 0.3) is 11.1 Å². The number of oxazole rings is 1. The van der Waals surface area contributed by atoms with Crippen LogP contribution in [-0.2, 0) is 12.7 Å². The zero-order valence-corrected chi connectivity index (χ0v) is 19.1. The molecule has 9 heteroatoms. The van der Waals surface area contributed by atoms with E-state index in [4.69, 9.17) is 4.42 Å². The summed E-state index contributed by atoms with van der Waals surface area (Å²) in [7, 11) is 0. The van der Waals surface area contributed by atoms with Gasteiger partial charge < -0.3 is 9.32 Å². The summed E-state index contributed by atoms with van der Waals surface area (Å²) >= 11 is 0. The third-order valence-electron chi connectivity index (χ3n) is 6.23. The number of rotatable bonds is 8. The van der Waals surface area contributed by atoms with Gasteiger partial charge >= 0.3 is 11.9 Å². The molecule has 2 heterocycles. The molecule has 0 atom stereocenters. The number of benzene rings is 2. The SMILES string of the molecule is CCCC(=O)c1ccc2c(c1)oc(=O)n2CCCN1CCN(c2cccc(C(F)(F)F)c2)CC1. The maximum atomic E-state index is 13.0. The van der Waals surface area contributed by atoms with Crippen LogP contribution in [0.5, 0.6) is 0 Å². The summed E-state index contributed by atoms with van der Waals surface area (Å²) in [5.41, 5.74) is 1.60. The summed E-state index contributed by atoms with van der Waals surface area (Å²) in [6.45, 7) is 5.96. The van der Waals surface area contributed by atoms with Gasteiger partial charge in [-0.2, -0.15) is 13.2 Å². The lowest BCUT2D eigenvalue weighted by Crippen LogP contribution is -2.46. The predicted octanol–water partition coefficient (Wildman–Crippen LogP) is 4.81. The topological polar surface area (TPSA) is 58.7 Å². The summed E-state index contributed by atoms with van der Waals surface area (Å²) < 4.78 is 45.9. The third-order valence-corrected chi connectivity index (χ3v) is 6.23. The highest BCUT2D eigenvalue weighted by Gasteiger charge is 2.31. The van der Waals surface area contributed by atoms with E-state index in [-0.39, 0.29) is 5.78 Å². The molecule has 3 aromatic rings. The first-order valence-corrected chi connectivity index (χ1v) is 11.6. The first-order chi connectivity index (χ1) is 16.3. The lowest BCUT2D eigenvalue weighted by molar-refractivity contribution is -0.137. The van der Waals surface area contributed by atoms with E-state index in [2.05, 4.69) is 4.90 Å². The summed E-state index contributed by atoms with van der Waals surface area (Å²) in [6, 6.07) is 10.6. The van der Waals surface area contributed by atoms with Crippen molar-refractivity contribution in [1.82, 2.24) is 9.47 Å². The molecule has 0 N–H and O–H groups in total. The number of aryl methyl sites for hydroxylation is 1. The molecule has 34 heavy (non-hydrogen) atoms. The number of hydrogen-bond donors (Lipinski definition) is 0. The van der Waals surface area contributed by atoms with E-state index in [1.807, 2.05) is 11.8 Å². The quantitative estimate of drug-likeness (QED) is 0.438. The highest BCUT2D eigenvalue weighted by atomic mass is 19.4. The van der Waals surface area contributed by atoms with E-state index in [1.165, 1.54) is 12.1 Å². The van der Waals surface area contributed by atoms with Crippen LogP contribution in [0.2, 0.25) is 0 Å². The Kier molecular flexibility index (Phi) is 7.11. The van der Waals surface area contributed by atoms with Crippen LogP contribution in [0.4, 0.5) is 18.9 Å². The minimum absolute atomic E-state index is 0.0316. The van der Waals surface area contributed by atoms with Gasteiger partial charge in [-0.05, 0) is 55.8 Å². The van der Waals surface area contributed by atoms with Crippen LogP contribution >= 0.6 is 0 Å². The van der Waals surface area contributed by atoms with Crippen molar-refractivity contribution in [2.24, 2.45) is 0 Å². The van der Waals surface area contributed by atoms with Gasteiger partial charge in [-0.1, -0.05) is 13.0 Å². The van der Waals surface area contributed by atoms with Gasteiger partial charge in [0.05, 0.1) is 11.1 Å². The number of alkyl halides is 3. The first-order valence-electron chi connectivity index (χ1n) is 11.6. The molecule has 1 saturated heterocycles. The van der Waals surface area contributed by atoms with Crippen molar-refractivity contribution >= 4 is 22.6 Å². The van der Waals surface area contributed by atoms with E-state index < -0.39 is 17.5 Å². The maximum absolute atomic E-state index is 13.0. The molecule has 0 bridgehead atoms. The number of halogens is 3. The smallest absolute Gasteiger partial charge is 0.408 e. The third kappa shape index (κ3) is 5.35. The molecule has 182 valence electrons. The van der Waals surface area contributed by atoms with Gasteiger partial charge in [0.25, 0.3) is 0 Å². The normalized spacial score (nSPS) is 15.2. The molecule has 0 spiro atoms. The largest absolute Gasteiger partial charge is 0.419 e. The Hall–Kier alpha value is -3.07. The molecule has 1 aromatic heterocycles. The zero-order valence-electron chi connectivity index (χ0n) is 19.1. The molecule has 2 aromatic carbocycles. The lowest BCUT2D eigenvalue weighted by atomic mass is 10.1. The fraction of sp³-hybridized carbons (Fsp3) is 0.440. The molecular formula is C25H28F3N3O3. The van der Waals surface area contributed by atoms with Gasteiger partial charge in [-0.25, -0.2) is 4.79 Å². The minimum Gasteiger partial charge on any atom is -0.408 e. The number of Topliss-reactive ketones (excluding diaryl/α,β-unsaturated/α-hetero) is 1. The number of carbonyl (C=O) groups is 1. The number of fused-ring (bicyclic) bond motifs is 1. The van der Waals surface area contributed by atoms with Gasteiger partial charge in [-0.15, -0.1) is 0 Å². The Morgan fingerprint density at radius 2 is 1.79 bits per heavy atom. The fourth-order valence-corrected chi connectivity index (χ4v) is 4.38. The number of carbonyl (C=O) groups excluding carboxylic acids is 1. The van der Waals surface area contributed by atoms with Crippen LogP contribution in [0, 0.1) is 0 Å². The second kappa shape index (κ2) is 10.0. The zero-order chi connectivity index (χ0) is 24.3. The Labute approximate surface area is 195 Å². The Morgan fingerprint density at radius 3 is 2.50 bits per heavy atom. The first kappa shape index (κ1) is 24.1. The highest BCUT2D eigenvalue weighted by Crippen LogP contribution is 2.31. The van der Waals surface area contributed by atoms with Crippen molar-refractivity contribution in [3.8, 4) is 0 Å². The molecule has 4 rings (SSSR count). The molecule has 0 unspecified atom stereocenters. The fourth-order valence-electron chi connectivity index (χ4n) is 4.38. The molecule has 0 radical (unpaired) electrons. The standard InChI is InChI=1S/C25H28F3N3O3/c1-2-5-22(32)18-8-9-21-23(16-18)34-24(33)31(21)11-4-10-29-12-14-30(15-13-29)20-7-3-6-19(17-20)25(26,27)28/h3,6-9,16-17H,2,4-5,10-15H2,1H3. The Balaban J connectivity index is 1.31. The molecule has 1 aliphatic heterocycles.